The summed E-state index contributed by atoms with van der Waals surface area (Å²) in [6.45, 7) is 7.28. The van der Waals surface area contributed by atoms with Crippen LogP contribution in [0, 0.1) is 19.8 Å². The summed E-state index contributed by atoms with van der Waals surface area (Å²) in [5.74, 6) is -1.81. The molecule has 6 nitrogen and oxygen atoms in total. The SMILES string of the molecule is Cc1cc(C)cc(C(=O)NCC(=O)N[C@@H](CC(C)C)C(=O)O)c1. The molecule has 1 atom stereocenters. The summed E-state index contributed by atoms with van der Waals surface area (Å²) in [6.07, 6.45) is 0.339. The Bertz CT molecular complexity index is 576. The van der Waals surface area contributed by atoms with Crippen LogP contribution >= 0.6 is 0 Å². The van der Waals surface area contributed by atoms with E-state index in [-0.39, 0.29) is 18.4 Å². The first-order chi connectivity index (χ1) is 10.7. The molecule has 0 bridgehead atoms. The van der Waals surface area contributed by atoms with Crippen LogP contribution in [0.5, 0.6) is 0 Å². The molecule has 126 valence electrons. The average molecular weight is 320 g/mol. The van der Waals surface area contributed by atoms with Crippen molar-refractivity contribution in [3.8, 4) is 0 Å². The molecule has 0 spiro atoms. The van der Waals surface area contributed by atoms with Crippen molar-refractivity contribution in [1.29, 1.82) is 0 Å². The van der Waals surface area contributed by atoms with E-state index in [2.05, 4.69) is 10.6 Å². The monoisotopic (exact) mass is 320 g/mol. The van der Waals surface area contributed by atoms with Gasteiger partial charge < -0.3 is 15.7 Å². The fourth-order valence-electron chi connectivity index (χ4n) is 2.31. The van der Waals surface area contributed by atoms with Crippen molar-refractivity contribution in [1.82, 2.24) is 10.6 Å². The van der Waals surface area contributed by atoms with Gasteiger partial charge in [0.15, 0.2) is 0 Å². The largest absolute Gasteiger partial charge is 0.480 e. The van der Waals surface area contributed by atoms with Gasteiger partial charge in [0, 0.05) is 5.56 Å². The van der Waals surface area contributed by atoms with Crippen molar-refractivity contribution in [3.63, 3.8) is 0 Å². The van der Waals surface area contributed by atoms with E-state index in [0.717, 1.165) is 11.1 Å². The van der Waals surface area contributed by atoms with Crippen molar-refractivity contribution < 1.29 is 19.5 Å². The maximum Gasteiger partial charge on any atom is 0.326 e. The highest BCUT2D eigenvalue weighted by molar-refractivity contribution is 5.97. The molecule has 0 radical (unpaired) electrons. The summed E-state index contributed by atoms with van der Waals surface area (Å²) in [4.78, 5) is 35.0. The lowest BCUT2D eigenvalue weighted by molar-refractivity contribution is -0.142. The molecule has 1 aromatic rings. The molecule has 0 saturated carbocycles. The van der Waals surface area contributed by atoms with Gasteiger partial charge in [0.1, 0.15) is 6.04 Å². The third-order valence-corrected chi connectivity index (χ3v) is 3.23. The van der Waals surface area contributed by atoms with E-state index in [1.807, 2.05) is 33.8 Å². The average Bonchev–Trinajstić information content (AvgIpc) is 2.42. The van der Waals surface area contributed by atoms with Gasteiger partial charge in [0.25, 0.3) is 5.91 Å². The number of rotatable bonds is 7. The minimum Gasteiger partial charge on any atom is -0.480 e. The predicted octanol–water partition coefficient (Wildman–Crippen LogP) is 1.65. The highest BCUT2D eigenvalue weighted by atomic mass is 16.4. The van der Waals surface area contributed by atoms with E-state index in [1.54, 1.807) is 12.1 Å². The van der Waals surface area contributed by atoms with E-state index in [4.69, 9.17) is 5.11 Å². The summed E-state index contributed by atoms with van der Waals surface area (Å²) in [5.41, 5.74) is 2.40. The van der Waals surface area contributed by atoms with Gasteiger partial charge in [-0.25, -0.2) is 4.79 Å². The quantitative estimate of drug-likeness (QED) is 0.712. The smallest absolute Gasteiger partial charge is 0.326 e. The van der Waals surface area contributed by atoms with Crippen LogP contribution in [0.3, 0.4) is 0 Å². The Balaban J connectivity index is 2.57. The molecule has 23 heavy (non-hydrogen) atoms. The summed E-state index contributed by atoms with van der Waals surface area (Å²) in [6, 6.07) is 4.48. The van der Waals surface area contributed by atoms with Crippen LogP contribution in [0.15, 0.2) is 18.2 Å². The van der Waals surface area contributed by atoms with Gasteiger partial charge in [-0.05, 0) is 38.3 Å². The Morgan fingerprint density at radius 2 is 1.65 bits per heavy atom. The van der Waals surface area contributed by atoms with Crippen molar-refractivity contribution in [3.05, 3.63) is 34.9 Å². The van der Waals surface area contributed by atoms with Crippen LogP contribution in [0.2, 0.25) is 0 Å². The van der Waals surface area contributed by atoms with Crippen LogP contribution in [-0.4, -0.2) is 35.5 Å². The van der Waals surface area contributed by atoms with E-state index in [1.165, 1.54) is 0 Å². The molecule has 0 aromatic heterocycles. The summed E-state index contributed by atoms with van der Waals surface area (Å²) >= 11 is 0. The third kappa shape index (κ3) is 6.50. The second kappa shape index (κ2) is 8.31. The Labute approximate surface area is 136 Å². The molecule has 2 amide bonds. The number of carbonyl (C=O) groups is 3. The van der Waals surface area contributed by atoms with Crippen LogP contribution < -0.4 is 10.6 Å². The molecule has 0 aliphatic carbocycles. The molecule has 0 aliphatic heterocycles. The van der Waals surface area contributed by atoms with Gasteiger partial charge in [-0.2, -0.15) is 0 Å². The van der Waals surface area contributed by atoms with E-state index >= 15 is 0 Å². The van der Waals surface area contributed by atoms with E-state index in [9.17, 15) is 14.4 Å². The summed E-state index contributed by atoms with van der Waals surface area (Å²) < 4.78 is 0. The van der Waals surface area contributed by atoms with Gasteiger partial charge in [-0.3, -0.25) is 9.59 Å². The lowest BCUT2D eigenvalue weighted by atomic mass is 10.0. The molecule has 0 unspecified atom stereocenters. The van der Waals surface area contributed by atoms with Gasteiger partial charge in [0.05, 0.1) is 6.54 Å². The number of hydrogen-bond donors (Lipinski definition) is 3. The van der Waals surface area contributed by atoms with Crippen LogP contribution in [-0.2, 0) is 9.59 Å². The van der Waals surface area contributed by atoms with Gasteiger partial charge in [-0.1, -0.05) is 31.0 Å². The molecule has 1 aromatic carbocycles. The maximum absolute atomic E-state index is 12.0. The molecule has 0 heterocycles. The molecule has 6 heteroatoms. The number of carboxylic acid groups (broad SMARTS) is 1. The molecule has 3 N–H and O–H groups in total. The summed E-state index contributed by atoms with van der Waals surface area (Å²) in [7, 11) is 0. The van der Waals surface area contributed by atoms with Crippen molar-refractivity contribution >= 4 is 17.8 Å². The summed E-state index contributed by atoms with van der Waals surface area (Å²) in [5, 5.41) is 14.0. The number of carboxylic acids is 1. The number of benzene rings is 1. The van der Waals surface area contributed by atoms with Gasteiger partial charge in [-0.15, -0.1) is 0 Å². The van der Waals surface area contributed by atoms with E-state index < -0.39 is 17.9 Å². The number of carbonyl (C=O) groups excluding carboxylic acids is 2. The maximum atomic E-state index is 12.0. The number of hydrogen-bond acceptors (Lipinski definition) is 3. The normalized spacial score (nSPS) is 11.9. The Kier molecular flexibility index (Phi) is 6.75. The lowest BCUT2D eigenvalue weighted by Crippen LogP contribution is -2.46. The zero-order chi connectivity index (χ0) is 17.6. The zero-order valence-electron chi connectivity index (χ0n) is 14.0. The van der Waals surface area contributed by atoms with Crippen molar-refractivity contribution in [2.75, 3.05) is 6.54 Å². The zero-order valence-corrected chi connectivity index (χ0v) is 14.0. The van der Waals surface area contributed by atoms with Crippen molar-refractivity contribution in [2.24, 2.45) is 5.92 Å². The predicted molar refractivity (Wildman–Crippen MR) is 87.3 cm³/mol. The fourth-order valence-corrected chi connectivity index (χ4v) is 2.31. The van der Waals surface area contributed by atoms with Crippen LogP contribution in [0.4, 0.5) is 0 Å². The molecule has 0 aliphatic rings. The first-order valence-electron chi connectivity index (χ1n) is 7.57. The molecular weight excluding hydrogens is 296 g/mol. The topological polar surface area (TPSA) is 95.5 Å². The fraction of sp³-hybridized carbons (Fsp3) is 0.471. The number of aliphatic carboxylic acids is 1. The van der Waals surface area contributed by atoms with Crippen LogP contribution in [0.25, 0.3) is 0 Å². The second-order valence-corrected chi connectivity index (χ2v) is 6.15. The first kappa shape index (κ1) is 18.7. The third-order valence-electron chi connectivity index (χ3n) is 3.23. The van der Waals surface area contributed by atoms with E-state index in [0.29, 0.717) is 12.0 Å². The number of amides is 2. The number of nitrogens with one attached hydrogen (secondary N) is 2. The first-order valence-corrected chi connectivity index (χ1v) is 7.57. The minimum atomic E-state index is -1.08. The Morgan fingerprint density at radius 1 is 1.09 bits per heavy atom. The lowest BCUT2D eigenvalue weighted by Gasteiger charge is -2.16. The van der Waals surface area contributed by atoms with Gasteiger partial charge in [0.2, 0.25) is 5.91 Å². The highest BCUT2D eigenvalue weighted by Crippen LogP contribution is 2.08. The highest BCUT2D eigenvalue weighted by Gasteiger charge is 2.21. The van der Waals surface area contributed by atoms with Gasteiger partial charge >= 0.3 is 5.97 Å². The molecule has 1 rings (SSSR count). The second-order valence-electron chi connectivity index (χ2n) is 6.15. The standard InChI is InChI=1S/C17H24N2O4/c1-10(2)5-14(17(22)23)19-15(20)9-18-16(21)13-7-11(3)6-12(4)8-13/h6-8,10,14H,5,9H2,1-4H3,(H,18,21)(H,19,20)(H,22,23)/t14-/m0/s1. The Hall–Kier alpha value is -2.37. The van der Waals surface area contributed by atoms with Crippen LogP contribution in [0.1, 0.15) is 41.8 Å². The Morgan fingerprint density at radius 3 is 2.13 bits per heavy atom. The molecule has 0 fully saturated rings. The minimum absolute atomic E-state index is 0.140. The molecule has 0 saturated heterocycles. The number of aryl methyl sites for hydroxylation is 2. The van der Waals surface area contributed by atoms with Crippen molar-refractivity contribution in [2.45, 2.75) is 40.2 Å². The molecular formula is C17H24N2O4.